The van der Waals surface area contributed by atoms with Crippen LogP contribution in [-0.2, 0) is 5.41 Å². The summed E-state index contributed by atoms with van der Waals surface area (Å²) in [6.07, 6.45) is 0. The number of pyridine rings is 1. The molecule has 7 aromatic rings. The average Bonchev–Trinajstić information content (AvgIpc) is 3.38. The standard InChI is InChI=1S/C45H32N2/c1-45(2)39-19-10-9-18-38(39)44-40(45)25-24-37(43(44)33-22-20-30(29-46)21-23-33)35-17-11-16-34(26-35)36-27-41(31-12-5-3-6-13-31)47-42(28-36)32-14-7-4-8-15-32/h3-28H,1-2H3. The van der Waals surface area contributed by atoms with Gasteiger partial charge in [-0.05, 0) is 86.0 Å². The molecule has 0 saturated heterocycles. The molecular weight excluding hydrogens is 569 g/mol. The van der Waals surface area contributed by atoms with Crippen molar-refractivity contribution in [2.75, 3.05) is 0 Å². The van der Waals surface area contributed by atoms with Gasteiger partial charge >= 0.3 is 0 Å². The van der Waals surface area contributed by atoms with Crippen molar-refractivity contribution in [1.29, 1.82) is 5.26 Å². The van der Waals surface area contributed by atoms with Crippen molar-refractivity contribution in [2.24, 2.45) is 0 Å². The van der Waals surface area contributed by atoms with Gasteiger partial charge in [-0.3, -0.25) is 0 Å². The molecule has 222 valence electrons. The molecule has 1 aliphatic carbocycles. The lowest BCUT2D eigenvalue weighted by molar-refractivity contribution is 0.660. The maximum Gasteiger partial charge on any atom is 0.0991 e. The molecule has 0 saturated carbocycles. The number of nitrogens with zero attached hydrogens (tertiary/aromatic N) is 2. The van der Waals surface area contributed by atoms with Crippen molar-refractivity contribution < 1.29 is 0 Å². The summed E-state index contributed by atoms with van der Waals surface area (Å²) in [6, 6.07) is 57.8. The van der Waals surface area contributed by atoms with Crippen LogP contribution < -0.4 is 0 Å². The summed E-state index contributed by atoms with van der Waals surface area (Å²) in [5, 5.41) is 9.55. The van der Waals surface area contributed by atoms with Crippen LogP contribution in [0.15, 0.2) is 158 Å². The molecule has 2 heteroatoms. The molecule has 1 aliphatic rings. The van der Waals surface area contributed by atoms with Crippen LogP contribution in [0, 0.1) is 11.3 Å². The van der Waals surface area contributed by atoms with E-state index in [1.165, 1.54) is 33.4 Å². The molecule has 8 rings (SSSR count). The second-order valence-electron chi connectivity index (χ2n) is 12.7. The molecule has 0 atom stereocenters. The summed E-state index contributed by atoms with van der Waals surface area (Å²) in [5.41, 5.74) is 16.7. The summed E-state index contributed by atoms with van der Waals surface area (Å²) in [6.45, 7) is 4.64. The highest BCUT2D eigenvalue weighted by Gasteiger charge is 2.37. The van der Waals surface area contributed by atoms with E-state index in [9.17, 15) is 5.26 Å². The van der Waals surface area contributed by atoms with Crippen LogP contribution >= 0.6 is 0 Å². The molecule has 1 heterocycles. The van der Waals surface area contributed by atoms with Gasteiger partial charge in [-0.2, -0.15) is 5.26 Å². The van der Waals surface area contributed by atoms with Gasteiger partial charge in [0, 0.05) is 16.5 Å². The van der Waals surface area contributed by atoms with Crippen molar-refractivity contribution in [3.8, 4) is 73.1 Å². The van der Waals surface area contributed by atoms with Crippen molar-refractivity contribution in [3.63, 3.8) is 0 Å². The van der Waals surface area contributed by atoms with E-state index in [-0.39, 0.29) is 5.41 Å². The Bertz CT molecular complexity index is 2250. The van der Waals surface area contributed by atoms with Crippen LogP contribution in [-0.4, -0.2) is 4.98 Å². The topological polar surface area (TPSA) is 36.7 Å². The van der Waals surface area contributed by atoms with Gasteiger partial charge in [0.05, 0.1) is 23.0 Å². The minimum atomic E-state index is -0.119. The summed E-state index contributed by atoms with van der Waals surface area (Å²) in [4.78, 5) is 5.10. The van der Waals surface area contributed by atoms with Crippen LogP contribution in [0.1, 0.15) is 30.5 Å². The van der Waals surface area contributed by atoms with Gasteiger partial charge in [0.15, 0.2) is 0 Å². The first-order valence-corrected chi connectivity index (χ1v) is 16.0. The summed E-state index contributed by atoms with van der Waals surface area (Å²) < 4.78 is 0. The van der Waals surface area contributed by atoms with E-state index < -0.39 is 0 Å². The van der Waals surface area contributed by atoms with Gasteiger partial charge in [-0.25, -0.2) is 4.98 Å². The van der Waals surface area contributed by atoms with Gasteiger partial charge < -0.3 is 0 Å². The quantitative estimate of drug-likeness (QED) is 0.197. The molecule has 2 nitrogen and oxygen atoms in total. The first-order valence-electron chi connectivity index (χ1n) is 16.0. The Morgan fingerprint density at radius 3 is 1.70 bits per heavy atom. The van der Waals surface area contributed by atoms with Crippen molar-refractivity contribution in [3.05, 3.63) is 174 Å². The second-order valence-corrected chi connectivity index (χ2v) is 12.7. The highest BCUT2D eigenvalue weighted by atomic mass is 14.7. The Morgan fingerprint density at radius 1 is 0.447 bits per heavy atom. The minimum absolute atomic E-state index is 0.119. The number of aromatic nitrogens is 1. The Balaban J connectivity index is 1.34. The smallest absolute Gasteiger partial charge is 0.0991 e. The van der Waals surface area contributed by atoms with E-state index in [1.807, 2.05) is 24.3 Å². The Hall–Kier alpha value is -6.04. The molecule has 0 aliphatic heterocycles. The highest BCUT2D eigenvalue weighted by Crippen LogP contribution is 2.54. The van der Waals surface area contributed by atoms with E-state index in [1.54, 1.807) is 0 Å². The third-order valence-corrected chi connectivity index (χ3v) is 9.52. The molecule has 0 N–H and O–H groups in total. The number of hydrogen-bond donors (Lipinski definition) is 0. The molecule has 0 radical (unpaired) electrons. The predicted octanol–water partition coefficient (Wildman–Crippen LogP) is 11.6. The molecular formula is C45H32N2. The SMILES string of the molecule is CC1(C)c2ccccc2-c2c1ccc(-c1cccc(-c3cc(-c4ccccc4)nc(-c4ccccc4)c3)c1)c2-c1ccc(C#N)cc1. The van der Waals surface area contributed by atoms with Crippen LogP contribution in [0.2, 0.25) is 0 Å². The second kappa shape index (κ2) is 11.4. The number of nitriles is 1. The van der Waals surface area contributed by atoms with Crippen LogP contribution in [0.5, 0.6) is 0 Å². The van der Waals surface area contributed by atoms with E-state index in [2.05, 4.69) is 153 Å². The fourth-order valence-corrected chi connectivity index (χ4v) is 7.12. The van der Waals surface area contributed by atoms with Gasteiger partial charge in [0.2, 0.25) is 0 Å². The van der Waals surface area contributed by atoms with E-state index in [4.69, 9.17) is 4.98 Å². The highest BCUT2D eigenvalue weighted by molar-refractivity contribution is 6.00. The molecule has 0 unspecified atom stereocenters. The van der Waals surface area contributed by atoms with Crippen LogP contribution in [0.25, 0.3) is 67.0 Å². The fraction of sp³-hybridized carbons (Fsp3) is 0.0667. The van der Waals surface area contributed by atoms with Gasteiger partial charge in [-0.15, -0.1) is 0 Å². The van der Waals surface area contributed by atoms with Crippen molar-refractivity contribution in [2.45, 2.75) is 19.3 Å². The number of rotatable bonds is 5. The maximum atomic E-state index is 9.55. The van der Waals surface area contributed by atoms with Crippen molar-refractivity contribution >= 4 is 0 Å². The van der Waals surface area contributed by atoms with E-state index >= 15 is 0 Å². The summed E-state index contributed by atoms with van der Waals surface area (Å²) >= 11 is 0. The van der Waals surface area contributed by atoms with Gasteiger partial charge in [0.25, 0.3) is 0 Å². The lowest BCUT2D eigenvalue weighted by atomic mass is 9.80. The Kier molecular flexibility index (Phi) is 6.89. The summed E-state index contributed by atoms with van der Waals surface area (Å²) in [5.74, 6) is 0. The van der Waals surface area contributed by atoms with Crippen LogP contribution in [0.3, 0.4) is 0 Å². The van der Waals surface area contributed by atoms with E-state index in [0.29, 0.717) is 5.56 Å². The molecule has 0 spiro atoms. The molecule has 0 amide bonds. The molecule has 0 fully saturated rings. The lowest BCUT2D eigenvalue weighted by Gasteiger charge is -2.23. The van der Waals surface area contributed by atoms with Crippen molar-refractivity contribution in [1.82, 2.24) is 4.98 Å². The zero-order valence-corrected chi connectivity index (χ0v) is 26.4. The largest absolute Gasteiger partial charge is 0.248 e. The Labute approximate surface area is 276 Å². The normalized spacial score (nSPS) is 12.6. The third kappa shape index (κ3) is 4.94. The molecule has 6 aromatic carbocycles. The van der Waals surface area contributed by atoms with Crippen LogP contribution in [0.4, 0.5) is 0 Å². The fourth-order valence-electron chi connectivity index (χ4n) is 7.12. The zero-order chi connectivity index (χ0) is 32.0. The predicted molar refractivity (Wildman–Crippen MR) is 194 cm³/mol. The molecule has 47 heavy (non-hydrogen) atoms. The van der Waals surface area contributed by atoms with E-state index in [0.717, 1.165) is 44.8 Å². The van der Waals surface area contributed by atoms with Gasteiger partial charge in [-0.1, -0.05) is 141 Å². The molecule has 1 aromatic heterocycles. The number of benzene rings is 6. The lowest BCUT2D eigenvalue weighted by Crippen LogP contribution is -2.14. The first kappa shape index (κ1) is 28.4. The molecule has 0 bridgehead atoms. The zero-order valence-electron chi connectivity index (χ0n) is 26.4. The third-order valence-electron chi connectivity index (χ3n) is 9.52. The summed E-state index contributed by atoms with van der Waals surface area (Å²) in [7, 11) is 0. The monoisotopic (exact) mass is 600 g/mol. The maximum absolute atomic E-state index is 9.55. The number of fused-ring (bicyclic) bond motifs is 3. The Morgan fingerprint density at radius 2 is 1.04 bits per heavy atom. The first-order chi connectivity index (χ1) is 23.0. The number of hydrogen-bond acceptors (Lipinski definition) is 2. The van der Waals surface area contributed by atoms with Gasteiger partial charge in [0.1, 0.15) is 0 Å². The minimum Gasteiger partial charge on any atom is -0.248 e. The average molecular weight is 601 g/mol.